The molecule has 54 heavy (non-hydrogen) atoms. The highest BCUT2D eigenvalue weighted by Gasteiger charge is 2.47. The predicted octanol–water partition coefficient (Wildman–Crippen LogP) is 8.06. The van der Waals surface area contributed by atoms with Crippen molar-refractivity contribution in [1.82, 2.24) is 9.97 Å². The second kappa shape index (κ2) is 16.0. The van der Waals surface area contributed by atoms with E-state index < -0.39 is 59.3 Å². The van der Waals surface area contributed by atoms with Crippen molar-refractivity contribution >= 4 is 23.4 Å². The molecule has 1 saturated heterocycles. The zero-order valence-electron chi connectivity index (χ0n) is 28.9. The second-order valence-corrected chi connectivity index (χ2v) is 13.0. The molecular formula is C36H36F9N5O4. The van der Waals surface area contributed by atoms with E-state index in [1.807, 2.05) is 0 Å². The molecular weight excluding hydrogens is 737 g/mol. The van der Waals surface area contributed by atoms with Crippen molar-refractivity contribution in [2.24, 2.45) is 5.73 Å². The van der Waals surface area contributed by atoms with Gasteiger partial charge in [-0.1, -0.05) is 6.92 Å². The Morgan fingerprint density at radius 1 is 0.963 bits per heavy atom. The smallest absolute Gasteiger partial charge is 0.416 e. The van der Waals surface area contributed by atoms with Crippen LogP contribution in [0.4, 0.5) is 55.7 Å². The van der Waals surface area contributed by atoms with E-state index in [2.05, 4.69) is 9.97 Å². The first-order valence-electron chi connectivity index (χ1n) is 17.0. The number of carbonyl (C=O) groups is 1. The van der Waals surface area contributed by atoms with Gasteiger partial charge in [-0.25, -0.2) is 19.6 Å². The molecule has 18 heteroatoms. The number of alkyl halides is 9. The van der Waals surface area contributed by atoms with Crippen LogP contribution in [-0.2, 0) is 39.2 Å². The minimum atomic E-state index is -5.10. The number of nitrogens with zero attached hydrogens (tertiary/aromatic N) is 4. The van der Waals surface area contributed by atoms with E-state index in [0.717, 1.165) is 23.1 Å². The normalized spacial score (nSPS) is 19.3. The molecule has 2 aliphatic heterocycles. The number of unbranched alkanes of at least 4 members (excludes halogenated alkanes) is 2. The van der Waals surface area contributed by atoms with Crippen LogP contribution in [0.3, 0.4) is 0 Å². The third-order valence-corrected chi connectivity index (χ3v) is 9.37. The molecule has 2 aromatic carbocycles. The fourth-order valence-electron chi connectivity index (χ4n) is 6.56. The molecule has 2 aliphatic rings. The van der Waals surface area contributed by atoms with Gasteiger partial charge in [0.05, 0.1) is 59.8 Å². The number of hydrogen-bond donors (Lipinski definition) is 1. The number of halogens is 9. The minimum Gasteiger partial charge on any atom is -0.449 e. The molecule has 2 N–H and O–H groups in total. The Labute approximate surface area is 303 Å². The number of carbonyl (C=O) groups excluding carboxylic acids is 2. The maximum Gasteiger partial charge on any atom is 0.416 e. The molecule has 2 atom stereocenters. The summed E-state index contributed by atoms with van der Waals surface area (Å²) in [4.78, 5) is 35.9. The lowest BCUT2D eigenvalue weighted by Crippen LogP contribution is -2.61. The Balaban J connectivity index is 1.62. The van der Waals surface area contributed by atoms with Gasteiger partial charge in [0.1, 0.15) is 17.4 Å². The van der Waals surface area contributed by atoms with E-state index in [4.69, 9.17) is 15.2 Å². The van der Waals surface area contributed by atoms with Crippen LogP contribution in [0, 0.1) is 0 Å². The Morgan fingerprint density at radius 2 is 1.61 bits per heavy atom. The first-order valence-corrected chi connectivity index (χ1v) is 17.0. The number of amides is 1. The van der Waals surface area contributed by atoms with E-state index in [-0.39, 0.29) is 72.7 Å². The topological polar surface area (TPSA) is 111 Å². The molecule has 0 aliphatic carbocycles. The second-order valence-electron chi connectivity index (χ2n) is 13.0. The fraction of sp³-hybridized carbons (Fsp3) is 0.472. The van der Waals surface area contributed by atoms with Crippen molar-refractivity contribution in [2.75, 3.05) is 42.7 Å². The van der Waals surface area contributed by atoms with Crippen molar-refractivity contribution < 1.29 is 58.6 Å². The lowest BCUT2D eigenvalue weighted by Gasteiger charge is -2.46. The van der Waals surface area contributed by atoms with Crippen molar-refractivity contribution in [2.45, 2.75) is 75.6 Å². The molecule has 0 radical (unpaired) electrons. The van der Waals surface area contributed by atoms with Crippen molar-refractivity contribution in [3.63, 3.8) is 0 Å². The van der Waals surface area contributed by atoms with Crippen LogP contribution < -0.4 is 15.5 Å². The summed E-state index contributed by atoms with van der Waals surface area (Å²) < 4.78 is 136. The van der Waals surface area contributed by atoms with E-state index in [1.165, 1.54) is 12.3 Å². The number of rotatable bonds is 10. The largest absolute Gasteiger partial charge is 0.449 e. The number of fused-ring (bicyclic) bond motifs is 1. The van der Waals surface area contributed by atoms with Crippen LogP contribution in [0.15, 0.2) is 48.7 Å². The molecule has 3 heterocycles. The average Bonchev–Trinajstić information content (AvgIpc) is 3.11. The highest BCUT2D eigenvalue weighted by molar-refractivity contribution is 5.91. The lowest BCUT2D eigenvalue weighted by molar-refractivity contribution is -0.143. The predicted molar refractivity (Wildman–Crippen MR) is 177 cm³/mol. The Kier molecular flexibility index (Phi) is 12.0. The molecule has 1 fully saturated rings. The standard InChI is InChI=1S/C36H36F9N5O4/c1-2-33(46)20-27(26-19-23(34(37,38)39)7-8-29(26)50(33)32(52)54-12-6-4-3-5-11-51)31-47-21-30(49-9-13-53-14-10-49)28(48-31)17-22-15-24(35(40,41)42)18-25(16-22)36(43,44)45/h5,7-8,15-16,18-19,21,27H,2-4,6,9-10,12-14,17,20,46H2,1H3/t27-,33+/m0/s1. The van der Waals surface area contributed by atoms with Gasteiger partial charge in [0, 0.05) is 25.4 Å². The van der Waals surface area contributed by atoms with Gasteiger partial charge in [-0.05, 0) is 85.7 Å². The summed E-state index contributed by atoms with van der Waals surface area (Å²) in [6, 6.07) is 3.91. The van der Waals surface area contributed by atoms with Gasteiger partial charge in [0.15, 0.2) is 0 Å². The van der Waals surface area contributed by atoms with Crippen LogP contribution in [0.2, 0.25) is 0 Å². The quantitative estimate of drug-likeness (QED) is 0.125. The molecule has 0 unspecified atom stereocenters. The summed E-state index contributed by atoms with van der Waals surface area (Å²) in [5.74, 6) is 0.423. The molecule has 0 saturated carbocycles. The molecule has 1 aromatic heterocycles. The summed E-state index contributed by atoms with van der Waals surface area (Å²) in [6.45, 7) is 2.67. The minimum absolute atomic E-state index is 0.0163. The maximum absolute atomic E-state index is 14.1. The summed E-state index contributed by atoms with van der Waals surface area (Å²) >= 11 is 0. The number of aromatic nitrogens is 2. The van der Waals surface area contributed by atoms with Gasteiger partial charge in [-0.15, -0.1) is 0 Å². The summed E-state index contributed by atoms with van der Waals surface area (Å²) in [6.07, 6.45) is -12.8. The number of anilines is 2. The molecule has 0 bridgehead atoms. The third kappa shape index (κ3) is 9.16. The van der Waals surface area contributed by atoms with Gasteiger partial charge >= 0.3 is 24.6 Å². The first-order chi connectivity index (χ1) is 25.4. The summed E-state index contributed by atoms with van der Waals surface area (Å²) in [5.41, 5.74) is 1.05. The Bertz CT molecular complexity index is 1840. The zero-order valence-corrected chi connectivity index (χ0v) is 28.9. The maximum atomic E-state index is 14.1. The molecule has 5 rings (SSSR count). The monoisotopic (exact) mass is 773 g/mol. The Hall–Kier alpha value is -4.67. The Morgan fingerprint density at radius 3 is 2.20 bits per heavy atom. The van der Waals surface area contributed by atoms with Crippen molar-refractivity contribution in [3.05, 3.63) is 88.0 Å². The van der Waals surface area contributed by atoms with Gasteiger partial charge in [-0.2, -0.15) is 39.5 Å². The SMILES string of the molecule is CC[C@]1(N)C[C@H](c2ncc(N3CCOCC3)c(Cc3cc(C(F)(F)F)cc(C(F)(F)F)c3)n2)c2cc(C(F)(F)F)ccc2N1C(=O)OCCCCC=C=O. The van der Waals surface area contributed by atoms with E-state index in [1.54, 1.807) is 17.8 Å². The zero-order chi connectivity index (χ0) is 39.5. The van der Waals surface area contributed by atoms with Crippen molar-refractivity contribution in [3.8, 4) is 0 Å². The van der Waals surface area contributed by atoms with Crippen LogP contribution in [0.25, 0.3) is 0 Å². The van der Waals surface area contributed by atoms with Gasteiger partial charge < -0.3 is 20.1 Å². The number of benzene rings is 2. The van der Waals surface area contributed by atoms with Gasteiger partial charge in [0.25, 0.3) is 0 Å². The molecule has 9 nitrogen and oxygen atoms in total. The fourth-order valence-corrected chi connectivity index (χ4v) is 6.56. The first kappa shape index (κ1) is 40.5. The molecule has 3 aromatic rings. The summed E-state index contributed by atoms with van der Waals surface area (Å²) in [5, 5.41) is 0. The van der Waals surface area contributed by atoms with Crippen LogP contribution in [0.5, 0.6) is 0 Å². The van der Waals surface area contributed by atoms with Crippen molar-refractivity contribution in [1.29, 1.82) is 0 Å². The highest BCUT2D eigenvalue weighted by Crippen LogP contribution is 2.48. The molecule has 1 amide bonds. The van der Waals surface area contributed by atoms with Crippen LogP contribution in [0.1, 0.15) is 84.3 Å². The molecule has 292 valence electrons. The van der Waals surface area contributed by atoms with E-state index in [9.17, 15) is 49.1 Å². The lowest BCUT2D eigenvalue weighted by atomic mass is 9.80. The number of nitrogens with two attached hydrogens (primary N) is 1. The molecule has 0 spiro atoms. The third-order valence-electron chi connectivity index (χ3n) is 9.37. The van der Waals surface area contributed by atoms with Gasteiger partial charge in [0.2, 0.25) is 0 Å². The van der Waals surface area contributed by atoms with Crippen LogP contribution >= 0.6 is 0 Å². The average molecular weight is 774 g/mol. The number of ether oxygens (including phenoxy) is 2. The van der Waals surface area contributed by atoms with Crippen LogP contribution in [-0.4, -0.2) is 60.6 Å². The van der Waals surface area contributed by atoms with E-state index in [0.29, 0.717) is 44.5 Å². The number of allylic oxidation sites excluding steroid dienone is 1. The number of hydrogen-bond acceptors (Lipinski definition) is 8. The highest BCUT2D eigenvalue weighted by atomic mass is 19.4. The number of morpholine rings is 1. The van der Waals surface area contributed by atoms with E-state index >= 15 is 0 Å². The van der Waals surface area contributed by atoms with Gasteiger partial charge in [-0.3, -0.25) is 4.90 Å². The summed E-state index contributed by atoms with van der Waals surface area (Å²) in [7, 11) is 0.